The molecule has 5 nitrogen and oxygen atoms in total. The van der Waals surface area contributed by atoms with Crippen molar-refractivity contribution in [2.75, 3.05) is 13.2 Å². The van der Waals surface area contributed by atoms with Gasteiger partial charge in [-0.1, -0.05) is 54.6 Å². The van der Waals surface area contributed by atoms with Gasteiger partial charge in [-0.05, 0) is 63.6 Å². The van der Waals surface area contributed by atoms with E-state index in [1.165, 1.54) is 5.56 Å². The molecule has 162 valence electrons. The number of hydrogen-bond acceptors (Lipinski definition) is 4. The Morgan fingerprint density at radius 2 is 1.60 bits per heavy atom. The smallest absolute Gasteiger partial charge is 0.407 e. The molecule has 5 heteroatoms. The van der Waals surface area contributed by atoms with Crippen LogP contribution in [0.25, 0.3) is 11.1 Å². The molecule has 0 heterocycles. The van der Waals surface area contributed by atoms with Crippen molar-refractivity contribution >= 4 is 12.1 Å². The third-order valence-electron chi connectivity index (χ3n) is 4.56. The van der Waals surface area contributed by atoms with Gasteiger partial charge in [-0.2, -0.15) is 0 Å². The van der Waals surface area contributed by atoms with Crippen molar-refractivity contribution in [3.63, 3.8) is 0 Å². The second-order valence-electron chi connectivity index (χ2n) is 8.29. The van der Waals surface area contributed by atoms with Gasteiger partial charge >= 0.3 is 12.1 Å². The zero-order valence-corrected chi connectivity index (χ0v) is 18.4. The quantitative estimate of drug-likeness (QED) is 0.444. The number of nitrogens with one attached hydrogen (secondary N) is 1. The van der Waals surface area contributed by atoms with E-state index in [0.29, 0.717) is 32.4 Å². The molecule has 0 spiro atoms. The van der Waals surface area contributed by atoms with E-state index in [0.717, 1.165) is 11.1 Å². The highest BCUT2D eigenvalue weighted by molar-refractivity contribution is 5.73. The Kier molecular flexibility index (Phi) is 8.90. The Labute approximate surface area is 179 Å². The lowest BCUT2D eigenvalue weighted by atomic mass is 9.93. The summed E-state index contributed by atoms with van der Waals surface area (Å²) in [6, 6.07) is 18.5. The normalized spacial score (nSPS) is 12.1. The molecule has 2 aromatic carbocycles. The molecule has 0 aliphatic rings. The molecular weight excluding hydrogens is 378 g/mol. The first-order chi connectivity index (χ1) is 14.3. The van der Waals surface area contributed by atoms with Crippen molar-refractivity contribution < 1.29 is 19.1 Å². The second-order valence-corrected chi connectivity index (χ2v) is 8.29. The zero-order valence-electron chi connectivity index (χ0n) is 18.4. The predicted molar refractivity (Wildman–Crippen MR) is 119 cm³/mol. The van der Waals surface area contributed by atoms with Crippen molar-refractivity contribution in [3.05, 3.63) is 60.2 Å². The van der Waals surface area contributed by atoms with Crippen LogP contribution in [-0.4, -0.2) is 30.8 Å². The van der Waals surface area contributed by atoms with Crippen LogP contribution >= 0.6 is 0 Å². The number of carbonyl (C=O) groups excluding carboxylic acids is 2. The summed E-state index contributed by atoms with van der Waals surface area (Å²) in [6.45, 7) is 8.11. The predicted octanol–water partition coefficient (Wildman–Crippen LogP) is 5.38. The molecule has 0 unspecified atom stereocenters. The van der Waals surface area contributed by atoms with Crippen LogP contribution in [0.4, 0.5) is 4.79 Å². The molecule has 0 saturated heterocycles. The Balaban J connectivity index is 1.91. The first-order valence-corrected chi connectivity index (χ1v) is 10.6. The van der Waals surface area contributed by atoms with Gasteiger partial charge in [0.15, 0.2) is 0 Å². The summed E-state index contributed by atoms with van der Waals surface area (Å²) < 4.78 is 10.5. The SMILES string of the molecule is CCOC(=O)[C@H](CCCNC(=O)OC(C)(C)C)Cc1ccc(-c2ccccc2)cc1. The molecule has 1 N–H and O–H groups in total. The fourth-order valence-corrected chi connectivity index (χ4v) is 3.16. The van der Waals surface area contributed by atoms with E-state index in [4.69, 9.17) is 9.47 Å². The molecule has 1 atom stereocenters. The van der Waals surface area contributed by atoms with Crippen LogP contribution in [0.2, 0.25) is 0 Å². The van der Waals surface area contributed by atoms with Gasteiger partial charge in [-0.15, -0.1) is 0 Å². The number of alkyl carbamates (subject to hydrolysis) is 1. The monoisotopic (exact) mass is 411 g/mol. The van der Waals surface area contributed by atoms with E-state index in [9.17, 15) is 9.59 Å². The van der Waals surface area contributed by atoms with Crippen LogP contribution in [0.3, 0.4) is 0 Å². The third kappa shape index (κ3) is 8.27. The highest BCUT2D eigenvalue weighted by Gasteiger charge is 2.21. The Morgan fingerprint density at radius 3 is 2.20 bits per heavy atom. The van der Waals surface area contributed by atoms with Gasteiger partial charge in [-0.25, -0.2) is 4.79 Å². The summed E-state index contributed by atoms with van der Waals surface area (Å²) in [5.74, 6) is -0.435. The topological polar surface area (TPSA) is 64.6 Å². The third-order valence-corrected chi connectivity index (χ3v) is 4.56. The van der Waals surface area contributed by atoms with Crippen molar-refractivity contribution in [1.82, 2.24) is 5.32 Å². The van der Waals surface area contributed by atoms with Gasteiger partial charge in [0.05, 0.1) is 12.5 Å². The van der Waals surface area contributed by atoms with Gasteiger partial charge in [-0.3, -0.25) is 4.79 Å². The molecule has 2 aromatic rings. The maximum Gasteiger partial charge on any atom is 0.407 e. The molecule has 0 aliphatic carbocycles. The standard InChI is InChI=1S/C25H33NO4/c1-5-29-23(27)22(12-9-17-26-24(28)30-25(2,3)4)18-19-13-15-21(16-14-19)20-10-7-6-8-11-20/h6-8,10-11,13-16,22H,5,9,12,17-18H2,1-4H3,(H,26,28)/t22-/m1/s1. The fraction of sp³-hybridized carbons (Fsp3) is 0.440. The molecular formula is C25H33NO4. The lowest BCUT2D eigenvalue weighted by molar-refractivity contribution is -0.148. The van der Waals surface area contributed by atoms with Gasteiger partial charge in [0.2, 0.25) is 0 Å². The number of benzene rings is 2. The van der Waals surface area contributed by atoms with Gasteiger partial charge in [0.1, 0.15) is 5.60 Å². The minimum Gasteiger partial charge on any atom is -0.466 e. The summed E-state index contributed by atoms with van der Waals surface area (Å²) in [5.41, 5.74) is 2.88. The largest absolute Gasteiger partial charge is 0.466 e. The summed E-state index contributed by atoms with van der Waals surface area (Å²) in [5, 5.41) is 2.74. The molecule has 0 bridgehead atoms. The highest BCUT2D eigenvalue weighted by Crippen LogP contribution is 2.22. The number of ether oxygens (including phenoxy) is 2. The van der Waals surface area contributed by atoms with Crippen LogP contribution in [0.5, 0.6) is 0 Å². The lowest BCUT2D eigenvalue weighted by Crippen LogP contribution is -2.33. The summed E-state index contributed by atoms with van der Waals surface area (Å²) in [4.78, 5) is 24.2. The Morgan fingerprint density at radius 1 is 0.967 bits per heavy atom. The molecule has 0 fully saturated rings. The van der Waals surface area contributed by atoms with Crippen molar-refractivity contribution in [1.29, 1.82) is 0 Å². The van der Waals surface area contributed by atoms with Crippen molar-refractivity contribution in [3.8, 4) is 11.1 Å². The maximum atomic E-state index is 12.4. The average molecular weight is 412 g/mol. The Bertz CT molecular complexity index is 794. The van der Waals surface area contributed by atoms with Gasteiger partial charge in [0.25, 0.3) is 0 Å². The van der Waals surface area contributed by atoms with Crippen molar-refractivity contribution in [2.45, 2.75) is 52.6 Å². The van der Waals surface area contributed by atoms with E-state index in [2.05, 4.69) is 41.7 Å². The number of amides is 1. The minimum atomic E-state index is -0.524. The average Bonchev–Trinajstić information content (AvgIpc) is 2.70. The van der Waals surface area contributed by atoms with E-state index in [1.807, 2.05) is 45.9 Å². The number of carbonyl (C=O) groups is 2. The zero-order chi connectivity index (χ0) is 22.0. The molecule has 0 aliphatic heterocycles. The maximum absolute atomic E-state index is 12.4. The van der Waals surface area contributed by atoms with Crippen LogP contribution in [0.15, 0.2) is 54.6 Å². The van der Waals surface area contributed by atoms with E-state index in [-0.39, 0.29) is 11.9 Å². The van der Waals surface area contributed by atoms with Crippen LogP contribution in [0.1, 0.15) is 46.1 Å². The Hall–Kier alpha value is -2.82. The van der Waals surface area contributed by atoms with E-state index >= 15 is 0 Å². The fourth-order valence-electron chi connectivity index (χ4n) is 3.16. The molecule has 30 heavy (non-hydrogen) atoms. The van der Waals surface area contributed by atoms with Gasteiger partial charge < -0.3 is 14.8 Å². The molecule has 0 radical (unpaired) electrons. The molecule has 1 amide bonds. The summed E-state index contributed by atoms with van der Waals surface area (Å²) in [7, 11) is 0. The molecule has 0 aromatic heterocycles. The number of hydrogen-bond donors (Lipinski definition) is 1. The van der Waals surface area contributed by atoms with Crippen molar-refractivity contribution in [2.24, 2.45) is 5.92 Å². The summed E-state index contributed by atoms with van der Waals surface area (Å²) in [6.07, 6.45) is 1.48. The highest BCUT2D eigenvalue weighted by atomic mass is 16.6. The first kappa shape index (κ1) is 23.5. The number of rotatable bonds is 9. The molecule has 0 saturated carbocycles. The van der Waals surface area contributed by atoms with E-state index < -0.39 is 11.7 Å². The number of esters is 1. The second kappa shape index (κ2) is 11.4. The van der Waals surface area contributed by atoms with Crippen LogP contribution in [0, 0.1) is 5.92 Å². The summed E-state index contributed by atoms with van der Waals surface area (Å²) >= 11 is 0. The first-order valence-electron chi connectivity index (χ1n) is 10.6. The van der Waals surface area contributed by atoms with E-state index in [1.54, 1.807) is 0 Å². The van der Waals surface area contributed by atoms with Crippen LogP contribution < -0.4 is 5.32 Å². The van der Waals surface area contributed by atoms with Gasteiger partial charge in [0, 0.05) is 6.54 Å². The van der Waals surface area contributed by atoms with Crippen LogP contribution in [-0.2, 0) is 20.7 Å². The minimum absolute atomic E-state index is 0.193. The molecule has 2 rings (SSSR count). The lowest BCUT2D eigenvalue weighted by Gasteiger charge is -2.20.